The second-order valence-electron chi connectivity index (χ2n) is 7.29. The molecule has 0 saturated carbocycles. The van der Waals surface area contributed by atoms with Crippen LogP contribution in [0.15, 0.2) is 4.99 Å². The van der Waals surface area contributed by atoms with Gasteiger partial charge in [-0.05, 0) is 46.0 Å². The number of rotatable bonds is 4. The summed E-state index contributed by atoms with van der Waals surface area (Å²) in [6.07, 6.45) is 7.32. The van der Waals surface area contributed by atoms with Gasteiger partial charge in [-0.3, -0.25) is 4.99 Å². The molecule has 1 aliphatic carbocycles. The molecule has 0 spiro atoms. The van der Waals surface area contributed by atoms with Crippen LogP contribution in [-0.2, 0) is 19.3 Å². The first-order chi connectivity index (χ1) is 11.6. The third-order valence-electron chi connectivity index (χ3n) is 4.68. The van der Waals surface area contributed by atoms with E-state index in [4.69, 9.17) is 4.98 Å². The number of nitrogens with one attached hydrogen (secondary N) is 1. The summed E-state index contributed by atoms with van der Waals surface area (Å²) in [5.74, 6) is 2.24. The smallest absolute Gasteiger partial charge is 0.193 e. The summed E-state index contributed by atoms with van der Waals surface area (Å²) in [7, 11) is 1.89. The van der Waals surface area contributed by atoms with Crippen LogP contribution in [0.25, 0.3) is 0 Å². The van der Waals surface area contributed by atoms with E-state index in [1.807, 2.05) is 18.4 Å². The standard InChI is InChI=1S/C18H30N4S2/c1-18(2)13-22(11-12-23-18)17(19-3)20-10-6-9-16-21-14-7-4-5-8-15(14)24-16/h4-13H2,1-3H3,(H,19,20). The molecule has 0 aromatic carbocycles. The first kappa shape index (κ1) is 18.1. The van der Waals surface area contributed by atoms with Gasteiger partial charge in [-0.15, -0.1) is 11.3 Å². The number of aryl methyl sites for hydroxylation is 3. The number of thioether (sulfide) groups is 1. The predicted octanol–water partition coefficient (Wildman–Crippen LogP) is 3.36. The average Bonchev–Trinajstić information content (AvgIpc) is 2.96. The molecule has 0 unspecified atom stereocenters. The van der Waals surface area contributed by atoms with Crippen LogP contribution in [0, 0.1) is 0 Å². The van der Waals surface area contributed by atoms with E-state index >= 15 is 0 Å². The van der Waals surface area contributed by atoms with Crippen LogP contribution in [-0.4, -0.2) is 53.0 Å². The fraction of sp³-hybridized carbons (Fsp3) is 0.778. The van der Waals surface area contributed by atoms with E-state index < -0.39 is 0 Å². The molecule has 0 bridgehead atoms. The fourth-order valence-corrected chi connectivity index (χ4v) is 5.79. The number of aliphatic imine (C=N–C) groups is 1. The van der Waals surface area contributed by atoms with E-state index in [0.29, 0.717) is 4.75 Å². The predicted molar refractivity (Wildman–Crippen MR) is 107 cm³/mol. The Bertz CT molecular complexity index is 556. The zero-order valence-electron chi connectivity index (χ0n) is 15.2. The van der Waals surface area contributed by atoms with E-state index in [-0.39, 0.29) is 0 Å². The highest BCUT2D eigenvalue weighted by atomic mass is 32.2. The quantitative estimate of drug-likeness (QED) is 0.504. The van der Waals surface area contributed by atoms with Crippen molar-refractivity contribution in [3.8, 4) is 0 Å². The Morgan fingerprint density at radius 1 is 1.33 bits per heavy atom. The van der Waals surface area contributed by atoms with E-state index in [0.717, 1.165) is 38.4 Å². The number of fused-ring (bicyclic) bond motifs is 1. The summed E-state index contributed by atoms with van der Waals surface area (Å²) in [6.45, 7) is 7.77. The zero-order chi connectivity index (χ0) is 17.0. The lowest BCUT2D eigenvalue weighted by Gasteiger charge is -2.39. The van der Waals surface area contributed by atoms with Crippen LogP contribution in [0.5, 0.6) is 0 Å². The summed E-state index contributed by atoms with van der Waals surface area (Å²) < 4.78 is 0.315. The topological polar surface area (TPSA) is 40.5 Å². The second-order valence-corrected chi connectivity index (χ2v) is 10.3. The Labute approximate surface area is 154 Å². The largest absolute Gasteiger partial charge is 0.356 e. The Hall–Kier alpha value is -0.750. The molecule has 1 aliphatic heterocycles. The Morgan fingerprint density at radius 3 is 2.92 bits per heavy atom. The van der Waals surface area contributed by atoms with Gasteiger partial charge < -0.3 is 10.2 Å². The van der Waals surface area contributed by atoms with Gasteiger partial charge in [0, 0.05) is 48.5 Å². The molecule has 0 radical (unpaired) electrons. The van der Waals surface area contributed by atoms with Crippen molar-refractivity contribution in [1.82, 2.24) is 15.2 Å². The number of thiazole rings is 1. The van der Waals surface area contributed by atoms with Gasteiger partial charge in [-0.25, -0.2) is 4.98 Å². The Balaban J connectivity index is 1.44. The van der Waals surface area contributed by atoms with Crippen molar-refractivity contribution in [2.45, 2.75) is 57.1 Å². The molecule has 0 amide bonds. The molecule has 1 fully saturated rings. The first-order valence-electron chi connectivity index (χ1n) is 9.14. The summed E-state index contributed by atoms with van der Waals surface area (Å²) in [5, 5.41) is 4.88. The number of nitrogens with zero attached hydrogens (tertiary/aromatic N) is 3. The first-order valence-corrected chi connectivity index (χ1v) is 10.9. The molecule has 134 valence electrons. The maximum Gasteiger partial charge on any atom is 0.193 e. The molecule has 1 N–H and O–H groups in total. The minimum absolute atomic E-state index is 0.315. The van der Waals surface area contributed by atoms with Crippen LogP contribution < -0.4 is 5.32 Å². The average molecular weight is 367 g/mol. The van der Waals surface area contributed by atoms with Gasteiger partial charge in [0.2, 0.25) is 0 Å². The van der Waals surface area contributed by atoms with Crippen LogP contribution in [0.1, 0.15) is 48.7 Å². The molecule has 2 heterocycles. The third-order valence-corrected chi connectivity index (χ3v) is 7.19. The summed E-state index contributed by atoms with van der Waals surface area (Å²) in [6, 6.07) is 0. The van der Waals surface area contributed by atoms with Crippen LogP contribution >= 0.6 is 23.1 Å². The van der Waals surface area contributed by atoms with Gasteiger partial charge in [-0.1, -0.05) is 0 Å². The van der Waals surface area contributed by atoms with Crippen LogP contribution in [0.3, 0.4) is 0 Å². The fourth-order valence-electron chi connectivity index (χ4n) is 3.48. The summed E-state index contributed by atoms with van der Waals surface area (Å²) >= 11 is 4.00. The van der Waals surface area contributed by atoms with Crippen molar-refractivity contribution in [3.05, 3.63) is 15.6 Å². The van der Waals surface area contributed by atoms with Gasteiger partial charge in [-0.2, -0.15) is 11.8 Å². The van der Waals surface area contributed by atoms with Crippen molar-refractivity contribution < 1.29 is 0 Å². The van der Waals surface area contributed by atoms with Gasteiger partial charge >= 0.3 is 0 Å². The molecule has 1 aromatic heterocycles. The van der Waals surface area contributed by atoms with Crippen LogP contribution in [0.2, 0.25) is 0 Å². The number of aromatic nitrogens is 1. The lowest BCUT2D eigenvalue weighted by molar-refractivity contribution is 0.375. The molecular weight excluding hydrogens is 336 g/mol. The van der Waals surface area contributed by atoms with Crippen molar-refractivity contribution in [2.24, 2.45) is 4.99 Å². The molecule has 3 rings (SSSR count). The van der Waals surface area contributed by atoms with Crippen molar-refractivity contribution in [3.63, 3.8) is 0 Å². The lowest BCUT2D eigenvalue weighted by atomic mass is 10.0. The SMILES string of the molecule is CN=C(NCCCc1nc2c(s1)CCCC2)N1CCSC(C)(C)C1. The van der Waals surface area contributed by atoms with Gasteiger partial charge in [0.25, 0.3) is 0 Å². The molecule has 6 heteroatoms. The number of hydrogen-bond donors (Lipinski definition) is 1. The van der Waals surface area contributed by atoms with Crippen LogP contribution in [0.4, 0.5) is 0 Å². The third kappa shape index (κ3) is 4.66. The number of guanidine groups is 1. The van der Waals surface area contributed by atoms with E-state index in [1.54, 1.807) is 4.88 Å². The Kier molecular flexibility index (Phi) is 6.08. The number of hydrogen-bond acceptors (Lipinski definition) is 4. The van der Waals surface area contributed by atoms with E-state index in [2.05, 4.69) is 40.8 Å². The maximum atomic E-state index is 4.84. The van der Waals surface area contributed by atoms with Gasteiger partial charge in [0.05, 0.1) is 10.7 Å². The molecule has 2 aliphatic rings. The van der Waals surface area contributed by atoms with E-state index in [9.17, 15) is 0 Å². The zero-order valence-corrected chi connectivity index (χ0v) is 16.9. The normalized spacial score (nSPS) is 20.8. The second kappa shape index (κ2) is 8.09. The van der Waals surface area contributed by atoms with E-state index in [1.165, 1.54) is 42.1 Å². The van der Waals surface area contributed by atoms with Crippen molar-refractivity contribution in [1.29, 1.82) is 0 Å². The van der Waals surface area contributed by atoms with Gasteiger partial charge in [0.15, 0.2) is 5.96 Å². The lowest BCUT2D eigenvalue weighted by Crippen LogP contribution is -2.51. The molecular formula is C18H30N4S2. The minimum atomic E-state index is 0.315. The molecule has 4 nitrogen and oxygen atoms in total. The highest BCUT2D eigenvalue weighted by Gasteiger charge is 2.28. The maximum absolute atomic E-state index is 4.84. The summed E-state index contributed by atoms with van der Waals surface area (Å²) in [4.78, 5) is 13.3. The molecule has 1 aromatic rings. The molecule has 24 heavy (non-hydrogen) atoms. The van der Waals surface area contributed by atoms with Gasteiger partial charge in [0.1, 0.15) is 0 Å². The highest BCUT2D eigenvalue weighted by molar-refractivity contribution is 8.00. The summed E-state index contributed by atoms with van der Waals surface area (Å²) in [5.41, 5.74) is 1.39. The Morgan fingerprint density at radius 2 is 2.17 bits per heavy atom. The molecule has 0 atom stereocenters. The monoisotopic (exact) mass is 366 g/mol. The minimum Gasteiger partial charge on any atom is -0.356 e. The molecule has 1 saturated heterocycles. The van der Waals surface area contributed by atoms with Crippen molar-refractivity contribution >= 4 is 29.1 Å². The van der Waals surface area contributed by atoms with Crippen molar-refractivity contribution in [2.75, 3.05) is 32.4 Å². The highest BCUT2D eigenvalue weighted by Crippen LogP contribution is 2.29.